The summed E-state index contributed by atoms with van der Waals surface area (Å²) in [7, 11) is 4.80. The van der Waals surface area contributed by atoms with Gasteiger partial charge < -0.3 is 18.9 Å². The van der Waals surface area contributed by atoms with Crippen molar-refractivity contribution in [2.45, 2.75) is 59.3 Å². The van der Waals surface area contributed by atoms with E-state index in [0.29, 0.717) is 23.0 Å². The molecule has 2 aromatic carbocycles. The maximum absolute atomic E-state index is 11.9. The highest BCUT2D eigenvalue weighted by molar-refractivity contribution is 5.85. The average molecular weight is 415 g/mol. The number of esters is 1. The molecule has 0 aliphatic heterocycles. The Morgan fingerprint density at radius 2 is 1.07 bits per heavy atom. The van der Waals surface area contributed by atoms with Crippen molar-refractivity contribution in [1.29, 1.82) is 0 Å². The van der Waals surface area contributed by atoms with Crippen LogP contribution in [0.3, 0.4) is 0 Å². The number of benzene rings is 2. The lowest BCUT2D eigenvalue weighted by Gasteiger charge is -2.26. The predicted octanol–water partition coefficient (Wildman–Crippen LogP) is 5.90. The summed E-state index contributed by atoms with van der Waals surface area (Å²) in [5, 5.41) is 0. The van der Waals surface area contributed by atoms with Crippen LogP contribution in [0.15, 0.2) is 24.3 Å². The van der Waals surface area contributed by atoms with Crippen molar-refractivity contribution in [3.05, 3.63) is 35.4 Å². The Bertz CT molecular complexity index is 930. The molecule has 5 heteroatoms. The molecule has 0 saturated carbocycles. The average Bonchev–Trinajstić information content (AvgIpc) is 2.64. The monoisotopic (exact) mass is 414 g/mol. The Morgan fingerprint density at radius 3 is 1.40 bits per heavy atom. The van der Waals surface area contributed by atoms with E-state index in [1.165, 1.54) is 6.92 Å². The van der Waals surface area contributed by atoms with Crippen LogP contribution in [0.25, 0.3) is 11.1 Å². The molecule has 0 amide bonds. The topological polar surface area (TPSA) is 54.0 Å². The fourth-order valence-corrected chi connectivity index (χ4v) is 3.23. The number of carbonyl (C=O) groups is 1. The van der Waals surface area contributed by atoms with Crippen molar-refractivity contribution >= 4 is 5.97 Å². The zero-order valence-corrected chi connectivity index (χ0v) is 19.9. The van der Waals surface area contributed by atoms with Crippen LogP contribution in [-0.2, 0) is 15.6 Å². The van der Waals surface area contributed by atoms with Crippen LogP contribution in [0.4, 0.5) is 0 Å². The van der Waals surface area contributed by atoms with Gasteiger partial charge in [0.15, 0.2) is 23.0 Å². The number of carbonyl (C=O) groups excluding carboxylic acids is 1. The van der Waals surface area contributed by atoms with Crippen molar-refractivity contribution in [3.63, 3.8) is 0 Å². The summed E-state index contributed by atoms with van der Waals surface area (Å²) in [6, 6.07) is 8.00. The van der Waals surface area contributed by atoms with E-state index in [9.17, 15) is 4.79 Å². The first-order chi connectivity index (χ1) is 13.8. The first-order valence-electron chi connectivity index (χ1n) is 10.0. The molecule has 0 aliphatic carbocycles. The highest BCUT2D eigenvalue weighted by atomic mass is 16.6. The zero-order valence-electron chi connectivity index (χ0n) is 19.9. The van der Waals surface area contributed by atoms with Gasteiger partial charge in [0.25, 0.3) is 0 Å². The molecule has 0 radical (unpaired) electrons. The van der Waals surface area contributed by atoms with Crippen LogP contribution in [0.1, 0.15) is 59.6 Å². The number of methoxy groups -OCH3 is 3. The van der Waals surface area contributed by atoms with Gasteiger partial charge in [-0.2, -0.15) is 0 Å². The van der Waals surface area contributed by atoms with E-state index in [0.717, 1.165) is 22.3 Å². The Morgan fingerprint density at radius 1 is 0.667 bits per heavy atom. The van der Waals surface area contributed by atoms with Crippen molar-refractivity contribution in [2.75, 3.05) is 21.3 Å². The van der Waals surface area contributed by atoms with Gasteiger partial charge in [0.05, 0.1) is 21.3 Å². The van der Waals surface area contributed by atoms with Crippen LogP contribution in [0, 0.1) is 0 Å². The summed E-state index contributed by atoms with van der Waals surface area (Å²) in [6.45, 7) is 14.2. The Kier molecular flexibility index (Phi) is 6.75. The van der Waals surface area contributed by atoms with Gasteiger partial charge in [0.1, 0.15) is 0 Å². The minimum Gasteiger partial charge on any atom is -0.493 e. The molecule has 0 N–H and O–H groups in total. The van der Waals surface area contributed by atoms with Gasteiger partial charge in [0, 0.05) is 18.1 Å². The fourth-order valence-electron chi connectivity index (χ4n) is 3.23. The van der Waals surface area contributed by atoms with E-state index in [1.54, 1.807) is 21.3 Å². The third kappa shape index (κ3) is 4.89. The van der Waals surface area contributed by atoms with E-state index in [2.05, 4.69) is 47.6 Å². The van der Waals surface area contributed by atoms with Crippen LogP contribution in [-0.4, -0.2) is 27.3 Å². The van der Waals surface area contributed by atoms with Crippen molar-refractivity contribution < 1.29 is 23.7 Å². The second-order valence-corrected chi connectivity index (χ2v) is 9.41. The predicted molar refractivity (Wildman–Crippen MR) is 120 cm³/mol. The molecule has 5 nitrogen and oxygen atoms in total. The number of rotatable bonds is 5. The standard InChI is InChI=1S/C25H34O5/c1-15(26)30-23-19(12-17(25(5,6)7)14-21(23)28-9)18-11-16(24(2,3)4)13-20(27-8)22(18)29-10/h11-14H,1-10H3. The number of ether oxygens (including phenoxy) is 4. The van der Waals surface area contributed by atoms with Gasteiger partial charge in [-0.3, -0.25) is 4.79 Å². The van der Waals surface area contributed by atoms with Crippen molar-refractivity contribution in [2.24, 2.45) is 0 Å². The van der Waals surface area contributed by atoms with Crippen LogP contribution in [0.2, 0.25) is 0 Å². The second-order valence-electron chi connectivity index (χ2n) is 9.41. The number of hydrogen-bond acceptors (Lipinski definition) is 5. The molecule has 0 fully saturated rings. The molecular formula is C25H34O5. The quantitative estimate of drug-likeness (QED) is 0.450. The van der Waals surface area contributed by atoms with Crippen LogP contribution in [0.5, 0.6) is 23.0 Å². The van der Waals surface area contributed by atoms with Crippen molar-refractivity contribution in [3.8, 4) is 34.1 Å². The lowest BCUT2D eigenvalue weighted by Crippen LogP contribution is -2.14. The van der Waals surface area contributed by atoms with E-state index in [-0.39, 0.29) is 10.8 Å². The molecule has 2 aromatic rings. The smallest absolute Gasteiger partial charge is 0.308 e. The molecule has 164 valence electrons. The lowest BCUT2D eigenvalue weighted by molar-refractivity contribution is -0.131. The minimum atomic E-state index is -0.420. The molecule has 0 spiro atoms. The largest absolute Gasteiger partial charge is 0.493 e. The SMILES string of the molecule is COc1cc(C(C)(C)C)cc(-c2cc(C(C)(C)C)cc(OC)c2OC(C)=O)c1OC. The summed E-state index contributed by atoms with van der Waals surface area (Å²) in [5.74, 6) is 1.64. The third-order valence-electron chi connectivity index (χ3n) is 5.02. The molecule has 2 rings (SSSR count). The van der Waals surface area contributed by atoms with Crippen molar-refractivity contribution in [1.82, 2.24) is 0 Å². The maximum Gasteiger partial charge on any atom is 0.308 e. The molecule has 0 heterocycles. The molecule has 0 unspecified atom stereocenters. The van der Waals surface area contributed by atoms with E-state index < -0.39 is 5.97 Å². The second kappa shape index (κ2) is 8.58. The highest BCUT2D eigenvalue weighted by Crippen LogP contribution is 2.49. The van der Waals surface area contributed by atoms with E-state index in [1.807, 2.05) is 18.2 Å². The molecular weight excluding hydrogens is 380 g/mol. The van der Waals surface area contributed by atoms with Crippen LogP contribution < -0.4 is 18.9 Å². The van der Waals surface area contributed by atoms with Gasteiger partial charge >= 0.3 is 5.97 Å². The van der Waals surface area contributed by atoms with Gasteiger partial charge in [-0.1, -0.05) is 41.5 Å². The minimum absolute atomic E-state index is 0.123. The maximum atomic E-state index is 11.9. The first-order valence-corrected chi connectivity index (χ1v) is 10.0. The summed E-state index contributed by atoms with van der Waals surface area (Å²) < 4.78 is 22.6. The molecule has 0 saturated heterocycles. The Balaban J connectivity index is 3.01. The molecule has 0 bridgehead atoms. The van der Waals surface area contributed by atoms with Gasteiger partial charge in [-0.05, 0) is 46.2 Å². The zero-order chi connectivity index (χ0) is 22.9. The van der Waals surface area contributed by atoms with E-state index in [4.69, 9.17) is 18.9 Å². The summed E-state index contributed by atoms with van der Waals surface area (Å²) in [6.07, 6.45) is 0. The third-order valence-corrected chi connectivity index (χ3v) is 5.02. The molecule has 0 aromatic heterocycles. The van der Waals surface area contributed by atoms with Gasteiger partial charge in [0.2, 0.25) is 0 Å². The van der Waals surface area contributed by atoms with Gasteiger partial charge in [-0.15, -0.1) is 0 Å². The first kappa shape index (κ1) is 23.6. The normalized spacial score (nSPS) is 11.8. The summed E-state index contributed by atoms with van der Waals surface area (Å²) >= 11 is 0. The van der Waals surface area contributed by atoms with E-state index >= 15 is 0 Å². The molecule has 0 aliphatic rings. The summed E-state index contributed by atoms with van der Waals surface area (Å²) in [5.41, 5.74) is 3.35. The lowest BCUT2D eigenvalue weighted by atomic mass is 9.82. The highest BCUT2D eigenvalue weighted by Gasteiger charge is 2.27. The Hall–Kier alpha value is -2.69. The molecule has 0 atom stereocenters. The Labute approximate surface area is 180 Å². The van der Waals surface area contributed by atoms with Crippen LogP contribution >= 0.6 is 0 Å². The molecule has 30 heavy (non-hydrogen) atoms. The fraction of sp³-hybridized carbons (Fsp3) is 0.480. The van der Waals surface area contributed by atoms with Gasteiger partial charge in [-0.25, -0.2) is 0 Å². The summed E-state index contributed by atoms with van der Waals surface area (Å²) in [4.78, 5) is 11.9. The number of hydrogen-bond donors (Lipinski definition) is 0.